The van der Waals surface area contributed by atoms with Gasteiger partial charge in [0.15, 0.2) is 0 Å². The molecule has 1 aliphatic carbocycles. The fourth-order valence-corrected chi connectivity index (χ4v) is 2.22. The summed E-state index contributed by atoms with van der Waals surface area (Å²) in [6, 6.07) is 0. The summed E-state index contributed by atoms with van der Waals surface area (Å²) >= 11 is 0. The molecule has 12 heavy (non-hydrogen) atoms. The van der Waals surface area contributed by atoms with Crippen LogP contribution in [-0.2, 0) is 0 Å². The molecule has 2 unspecified atom stereocenters. The van der Waals surface area contributed by atoms with Crippen LogP contribution in [0.25, 0.3) is 0 Å². The minimum absolute atomic E-state index is 0.956. The van der Waals surface area contributed by atoms with Gasteiger partial charge in [-0.2, -0.15) is 0 Å². The van der Waals surface area contributed by atoms with Crippen LogP contribution in [0.4, 0.5) is 0 Å². The summed E-state index contributed by atoms with van der Waals surface area (Å²) in [7, 11) is 0. The van der Waals surface area contributed by atoms with Crippen molar-refractivity contribution in [2.45, 2.75) is 45.4 Å². The first-order valence-corrected chi connectivity index (χ1v) is 5.19. The Morgan fingerprint density at radius 1 is 1.42 bits per heavy atom. The van der Waals surface area contributed by atoms with E-state index in [9.17, 15) is 0 Å². The molecule has 0 aromatic carbocycles. The van der Waals surface area contributed by atoms with E-state index in [1.54, 1.807) is 0 Å². The zero-order valence-electron chi connectivity index (χ0n) is 8.18. The predicted octanol–water partition coefficient (Wildman–Crippen LogP) is 3.93. The predicted molar refractivity (Wildman–Crippen MR) is 54.1 cm³/mol. The van der Waals surface area contributed by atoms with E-state index >= 15 is 0 Å². The Morgan fingerprint density at radius 3 is 2.83 bits per heavy atom. The van der Waals surface area contributed by atoms with Gasteiger partial charge < -0.3 is 0 Å². The monoisotopic (exact) mass is 164 g/mol. The molecule has 2 atom stereocenters. The third kappa shape index (κ3) is 2.87. The van der Waals surface area contributed by atoms with Gasteiger partial charge in [-0.3, -0.25) is 0 Å². The molecule has 1 saturated carbocycles. The van der Waals surface area contributed by atoms with Gasteiger partial charge in [-0.15, -0.1) is 5.73 Å². The molecule has 0 aliphatic heterocycles. The summed E-state index contributed by atoms with van der Waals surface area (Å²) in [5.74, 6) is 1.93. The first-order chi connectivity index (χ1) is 5.84. The van der Waals surface area contributed by atoms with Gasteiger partial charge >= 0.3 is 0 Å². The molecule has 68 valence electrons. The summed E-state index contributed by atoms with van der Waals surface area (Å²) in [4.78, 5) is 0. The van der Waals surface area contributed by atoms with Crippen LogP contribution in [0.3, 0.4) is 0 Å². The van der Waals surface area contributed by atoms with E-state index in [0.717, 1.165) is 11.8 Å². The summed E-state index contributed by atoms with van der Waals surface area (Å²) in [5, 5.41) is 0. The van der Waals surface area contributed by atoms with Crippen LogP contribution in [-0.4, -0.2) is 0 Å². The molecule has 0 radical (unpaired) electrons. The summed E-state index contributed by atoms with van der Waals surface area (Å²) in [6.45, 7) is 5.99. The molecule has 1 fully saturated rings. The number of allylic oxidation sites excluding steroid dienone is 1. The molecule has 0 aromatic rings. The third-order valence-electron chi connectivity index (χ3n) is 3.12. The maximum atomic E-state index is 3.58. The fraction of sp³-hybridized carbons (Fsp3) is 0.750. The van der Waals surface area contributed by atoms with Crippen molar-refractivity contribution in [1.29, 1.82) is 0 Å². The molecule has 1 rings (SSSR count). The van der Waals surface area contributed by atoms with Gasteiger partial charge in [0.2, 0.25) is 0 Å². The maximum absolute atomic E-state index is 3.58. The van der Waals surface area contributed by atoms with Crippen LogP contribution in [0, 0.1) is 11.8 Å². The van der Waals surface area contributed by atoms with Crippen LogP contribution in [0.1, 0.15) is 45.4 Å². The molecule has 0 amide bonds. The Labute approximate surface area is 76.4 Å². The zero-order chi connectivity index (χ0) is 8.81. The van der Waals surface area contributed by atoms with E-state index in [-0.39, 0.29) is 0 Å². The highest BCUT2D eigenvalue weighted by Gasteiger charge is 2.19. The lowest BCUT2D eigenvalue weighted by Gasteiger charge is -2.28. The molecular weight excluding hydrogens is 144 g/mol. The van der Waals surface area contributed by atoms with Crippen LogP contribution in [0.15, 0.2) is 18.4 Å². The topological polar surface area (TPSA) is 0 Å². The van der Waals surface area contributed by atoms with Gasteiger partial charge in [0.1, 0.15) is 0 Å². The van der Waals surface area contributed by atoms with Gasteiger partial charge in [0, 0.05) is 0 Å². The molecule has 0 aromatic heterocycles. The van der Waals surface area contributed by atoms with Gasteiger partial charge in [-0.05, 0) is 30.8 Å². The number of hydrogen-bond acceptors (Lipinski definition) is 0. The number of hydrogen-bond donors (Lipinski definition) is 0. The van der Waals surface area contributed by atoms with Crippen molar-refractivity contribution in [2.24, 2.45) is 11.8 Å². The molecular formula is C12H20. The van der Waals surface area contributed by atoms with Crippen molar-refractivity contribution in [3.8, 4) is 0 Å². The van der Waals surface area contributed by atoms with E-state index in [1.165, 1.54) is 38.5 Å². The minimum Gasteiger partial charge on any atom is -0.133 e. The van der Waals surface area contributed by atoms with Crippen LogP contribution >= 0.6 is 0 Å². The first kappa shape index (κ1) is 9.61. The van der Waals surface area contributed by atoms with E-state index in [1.807, 2.05) is 0 Å². The Balaban J connectivity index is 2.24. The highest BCUT2D eigenvalue weighted by Crippen LogP contribution is 2.32. The van der Waals surface area contributed by atoms with Crippen molar-refractivity contribution in [3.63, 3.8) is 0 Å². The van der Waals surface area contributed by atoms with Crippen molar-refractivity contribution in [1.82, 2.24) is 0 Å². The van der Waals surface area contributed by atoms with E-state index in [2.05, 4.69) is 25.3 Å². The van der Waals surface area contributed by atoms with Gasteiger partial charge in [0.05, 0.1) is 0 Å². The smallest absolute Gasteiger partial charge is 0.0272 e. The second-order valence-corrected chi connectivity index (χ2v) is 4.01. The number of rotatable bonds is 3. The van der Waals surface area contributed by atoms with Crippen LogP contribution in [0.5, 0.6) is 0 Å². The van der Waals surface area contributed by atoms with Crippen molar-refractivity contribution < 1.29 is 0 Å². The summed E-state index contributed by atoms with van der Waals surface area (Å²) in [6.07, 6.45) is 10.4. The molecule has 0 saturated heterocycles. The fourth-order valence-electron chi connectivity index (χ4n) is 2.22. The molecule has 1 aliphatic rings. The van der Waals surface area contributed by atoms with Crippen molar-refractivity contribution in [2.75, 3.05) is 0 Å². The Hall–Kier alpha value is -0.480. The average molecular weight is 164 g/mol. The molecule has 0 nitrogen and oxygen atoms in total. The first-order valence-electron chi connectivity index (χ1n) is 5.19. The minimum atomic E-state index is 0.956. The molecule has 0 heteroatoms. The highest BCUT2D eigenvalue weighted by molar-refractivity contribution is 4.79. The summed E-state index contributed by atoms with van der Waals surface area (Å²) < 4.78 is 0. The second-order valence-electron chi connectivity index (χ2n) is 4.01. The van der Waals surface area contributed by atoms with Gasteiger partial charge in [-0.1, -0.05) is 39.2 Å². The van der Waals surface area contributed by atoms with E-state index in [4.69, 9.17) is 0 Å². The zero-order valence-corrected chi connectivity index (χ0v) is 8.18. The summed E-state index contributed by atoms with van der Waals surface area (Å²) in [5.41, 5.74) is 2.85. The SMILES string of the molecule is C=C=CCCC1CCCCC1C. The highest BCUT2D eigenvalue weighted by atomic mass is 14.2. The molecule has 0 spiro atoms. The van der Waals surface area contributed by atoms with Gasteiger partial charge in [-0.25, -0.2) is 0 Å². The van der Waals surface area contributed by atoms with Crippen molar-refractivity contribution >= 4 is 0 Å². The quantitative estimate of drug-likeness (QED) is 0.554. The Morgan fingerprint density at radius 2 is 2.17 bits per heavy atom. The lowest BCUT2D eigenvalue weighted by Crippen LogP contribution is -2.16. The lowest BCUT2D eigenvalue weighted by atomic mass is 9.78. The normalized spacial score (nSPS) is 29.4. The Kier molecular flexibility index (Phi) is 4.18. The standard InChI is InChI=1S/C12H20/c1-3-4-5-9-12-10-7-6-8-11(12)2/h4,11-12H,1,5-10H2,2H3. The maximum Gasteiger partial charge on any atom is -0.0272 e. The molecule has 0 bridgehead atoms. The third-order valence-corrected chi connectivity index (χ3v) is 3.12. The van der Waals surface area contributed by atoms with Crippen LogP contribution < -0.4 is 0 Å². The Bertz CT molecular complexity index is 163. The second kappa shape index (κ2) is 5.22. The van der Waals surface area contributed by atoms with Gasteiger partial charge in [0.25, 0.3) is 0 Å². The lowest BCUT2D eigenvalue weighted by molar-refractivity contribution is 0.243. The molecule has 0 heterocycles. The van der Waals surface area contributed by atoms with Crippen LogP contribution in [0.2, 0.25) is 0 Å². The largest absolute Gasteiger partial charge is 0.133 e. The average Bonchev–Trinajstić information content (AvgIpc) is 2.09. The van der Waals surface area contributed by atoms with Crippen molar-refractivity contribution in [3.05, 3.63) is 18.4 Å². The van der Waals surface area contributed by atoms with E-state index in [0.29, 0.717) is 0 Å². The molecule has 0 N–H and O–H groups in total. The van der Waals surface area contributed by atoms with E-state index < -0.39 is 0 Å².